The predicted molar refractivity (Wildman–Crippen MR) is 73.8 cm³/mol. The van der Waals surface area contributed by atoms with E-state index in [2.05, 4.69) is 0 Å². The molecule has 1 fully saturated rings. The molecule has 102 valence electrons. The molecule has 1 aliphatic rings. The van der Waals surface area contributed by atoms with E-state index in [4.69, 9.17) is 11.5 Å². The molecule has 1 aromatic carbocycles. The second kappa shape index (κ2) is 5.17. The van der Waals surface area contributed by atoms with Crippen molar-refractivity contribution in [3.63, 3.8) is 0 Å². The Morgan fingerprint density at radius 1 is 1.32 bits per heavy atom. The molecule has 0 radical (unpaired) electrons. The SMILES string of the molecule is CN1CCCN(c2ccc(N)c(C(N)=O)c2)CC1=O. The lowest BCUT2D eigenvalue weighted by atomic mass is 10.1. The van der Waals surface area contributed by atoms with Gasteiger partial charge < -0.3 is 21.3 Å². The summed E-state index contributed by atoms with van der Waals surface area (Å²) in [6, 6.07) is 5.10. The van der Waals surface area contributed by atoms with Crippen LogP contribution < -0.4 is 16.4 Å². The average molecular weight is 262 g/mol. The monoisotopic (exact) mass is 262 g/mol. The topological polar surface area (TPSA) is 92.7 Å². The number of hydrogen-bond donors (Lipinski definition) is 2. The fourth-order valence-electron chi connectivity index (χ4n) is 2.16. The number of nitrogens with zero attached hydrogens (tertiary/aromatic N) is 2. The molecule has 1 aliphatic heterocycles. The molecule has 1 saturated heterocycles. The zero-order valence-corrected chi connectivity index (χ0v) is 10.9. The first-order chi connectivity index (χ1) is 8.99. The van der Waals surface area contributed by atoms with Gasteiger partial charge in [0.25, 0.3) is 5.91 Å². The van der Waals surface area contributed by atoms with E-state index < -0.39 is 5.91 Å². The third kappa shape index (κ3) is 2.78. The van der Waals surface area contributed by atoms with Crippen molar-refractivity contribution in [2.45, 2.75) is 6.42 Å². The molecule has 4 N–H and O–H groups in total. The molecular formula is C13H18N4O2. The Kier molecular flexibility index (Phi) is 3.59. The third-order valence-corrected chi connectivity index (χ3v) is 3.34. The molecule has 0 saturated carbocycles. The number of anilines is 2. The highest BCUT2D eigenvalue weighted by Gasteiger charge is 2.20. The van der Waals surface area contributed by atoms with Crippen molar-refractivity contribution >= 4 is 23.2 Å². The minimum atomic E-state index is -0.558. The number of carbonyl (C=O) groups is 2. The maximum Gasteiger partial charge on any atom is 0.250 e. The summed E-state index contributed by atoms with van der Waals surface area (Å²) in [4.78, 5) is 26.8. The highest BCUT2D eigenvalue weighted by Crippen LogP contribution is 2.22. The van der Waals surface area contributed by atoms with Gasteiger partial charge in [-0.1, -0.05) is 0 Å². The molecule has 1 aromatic rings. The Morgan fingerprint density at radius 3 is 2.74 bits per heavy atom. The zero-order chi connectivity index (χ0) is 14.0. The number of nitrogen functional groups attached to an aromatic ring is 1. The molecule has 2 rings (SSSR count). The quantitative estimate of drug-likeness (QED) is 0.736. The van der Waals surface area contributed by atoms with Gasteiger partial charge in [-0.15, -0.1) is 0 Å². The molecule has 2 amide bonds. The summed E-state index contributed by atoms with van der Waals surface area (Å²) in [5, 5.41) is 0. The van der Waals surface area contributed by atoms with E-state index in [1.165, 1.54) is 0 Å². The van der Waals surface area contributed by atoms with E-state index >= 15 is 0 Å². The number of carbonyl (C=O) groups excluding carboxylic acids is 2. The lowest BCUT2D eigenvalue weighted by molar-refractivity contribution is -0.127. The van der Waals surface area contributed by atoms with Crippen LogP contribution in [-0.2, 0) is 4.79 Å². The van der Waals surface area contributed by atoms with Crippen molar-refractivity contribution in [2.75, 3.05) is 37.3 Å². The first-order valence-corrected chi connectivity index (χ1v) is 6.17. The maximum absolute atomic E-state index is 11.9. The average Bonchev–Trinajstić information content (AvgIpc) is 2.52. The molecule has 0 unspecified atom stereocenters. The number of hydrogen-bond acceptors (Lipinski definition) is 4. The predicted octanol–water partition coefficient (Wildman–Crippen LogP) is 0.0362. The molecule has 1 heterocycles. The van der Waals surface area contributed by atoms with Crippen LogP contribution in [0.3, 0.4) is 0 Å². The van der Waals surface area contributed by atoms with Crippen LogP contribution >= 0.6 is 0 Å². The Labute approximate surface area is 112 Å². The fraction of sp³-hybridized carbons (Fsp3) is 0.385. The second-order valence-electron chi connectivity index (χ2n) is 4.73. The maximum atomic E-state index is 11.9. The van der Waals surface area contributed by atoms with Crippen molar-refractivity contribution in [1.82, 2.24) is 4.90 Å². The van der Waals surface area contributed by atoms with E-state index in [1.807, 2.05) is 4.90 Å². The highest BCUT2D eigenvalue weighted by molar-refractivity contribution is 5.99. The number of benzene rings is 1. The van der Waals surface area contributed by atoms with Gasteiger partial charge in [-0.05, 0) is 24.6 Å². The van der Waals surface area contributed by atoms with Gasteiger partial charge >= 0.3 is 0 Å². The van der Waals surface area contributed by atoms with Crippen LogP contribution in [-0.4, -0.2) is 43.4 Å². The lowest BCUT2D eigenvalue weighted by Crippen LogP contribution is -2.34. The van der Waals surface area contributed by atoms with Crippen LogP contribution in [0, 0.1) is 0 Å². The molecule has 0 aromatic heterocycles. The van der Waals surface area contributed by atoms with Gasteiger partial charge in [-0.3, -0.25) is 9.59 Å². The van der Waals surface area contributed by atoms with Crippen LogP contribution in [0.4, 0.5) is 11.4 Å². The first kappa shape index (κ1) is 13.2. The van der Waals surface area contributed by atoms with Gasteiger partial charge in [0.05, 0.1) is 12.1 Å². The molecular weight excluding hydrogens is 244 g/mol. The van der Waals surface area contributed by atoms with Crippen molar-refractivity contribution in [3.8, 4) is 0 Å². The lowest BCUT2D eigenvalue weighted by Gasteiger charge is -2.22. The third-order valence-electron chi connectivity index (χ3n) is 3.34. The van der Waals surface area contributed by atoms with Gasteiger partial charge in [-0.2, -0.15) is 0 Å². The summed E-state index contributed by atoms with van der Waals surface area (Å²) in [6.07, 6.45) is 0.887. The van der Waals surface area contributed by atoms with E-state index in [-0.39, 0.29) is 5.91 Å². The summed E-state index contributed by atoms with van der Waals surface area (Å²) >= 11 is 0. The Balaban J connectivity index is 2.28. The first-order valence-electron chi connectivity index (χ1n) is 6.17. The number of rotatable bonds is 2. The number of primary amides is 1. The molecule has 0 spiro atoms. The van der Waals surface area contributed by atoms with E-state index in [9.17, 15) is 9.59 Å². The van der Waals surface area contributed by atoms with E-state index in [1.54, 1.807) is 30.1 Å². The van der Waals surface area contributed by atoms with Crippen LogP contribution in [0.1, 0.15) is 16.8 Å². The molecule has 6 heteroatoms. The number of nitrogens with two attached hydrogens (primary N) is 2. The van der Waals surface area contributed by atoms with Crippen molar-refractivity contribution < 1.29 is 9.59 Å². The summed E-state index contributed by atoms with van der Waals surface area (Å²) in [7, 11) is 1.80. The van der Waals surface area contributed by atoms with Crippen LogP contribution in [0.15, 0.2) is 18.2 Å². The summed E-state index contributed by atoms with van der Waals surface area (Å²) in [5.74, 6) is -0.493. The van der Waals surface area contributed by atoms with Gasteiger partial charge in [0, 0.05) is 31.5 Å². The Hall–Kier alpha value is -2.24. The largest absolute Gasteiger partial charge is 0.398 e. The van der Waals surface area contributed by atoms with Crippen LogP contribution in [0.2, 0.25) is 0 Å². The normalized spacial score (nSPS) is 16.4. The Morgan fingerprint density at radius 2 is 2.05 bits per heavy atom. The minimum Gasteiger partial charge on any atom is -0.398 e. The van der Waals surface area contributed by atoms with E-state index in [0.29, 0.717) is 17.8 Å². The molecule has 0 atom stereocenters. The molecule has 0 bridgehead atoms. The summed E-state index contributed by atoms with van der Waals surface area (Å²) in [6.45, 7) is 1.81. The highest BCUT2D eigenvalue weighted by atomic mass is 16.2. The van der Waals surface area contributed by atoms with Crippen molar-refractivity contribution in [2.24, 2.45) is 5.73 Å². The second-order valence-corrected chi connectivity index (χ2v) is 4.73. The van der Waals surface area contributed by atoms with Crippen molar-refractivity contribution in [3.05, 3.63) is 23.8 Å². The molecule has 6 nitrogen and oxygen atoms in total. The zero-order valence-electron chi connectivity index (χ0n) is 10.9. The van der Waals surface area contributed by atoms with Crippen molar-refractivity contribution in [1.29, 1.82) is 0 Å². The molecule has 0 aliphatic carbocycles. The standard InChI is InChI=1S/C13H18N4O2/c1-16-5-2-6-17(8-12(16)18)9-3-4-11(14)10(7-9)13(15)19/h3-4,7H,2,5-6,8,14H2,1H3,(H2,15,19). The minimum absolute atomic E-state index is 0.0648. The summed E-state index contributed by atoms with van der Waals surface area (Å²) in [5.41, 5.74) is 12.4. The fourth-order valence-corrected chi connectivity index (χ4v) is 2.16. The van der Waals surface area contributed by atoms with Gasteiger partial charge in [0.1, 0.15) is 0 Å². The Bertz CT molecular complexity index is 515. The summed E-state index contributed by atoms with van der Waals surface area (Å²) < 4.78 is 0. The van der Waals surface area contributed by atoms with Crippen LogP contribution in [0.25, 0.3) is 0 Å². The van der Waals surface area contributed by atoms with Crippen LogP contribution in [0.5, 0.6) is 0 Å². The van der Waals surface area contributed by atoms with Gasteiger partial charge in [0.2, 0.25) is 5.91 Å². The smallest absolute Gasteiger partial charge is 0.250 e. The van der Waals surface area contributed by atoms with E-state index in [0.717, 1.165) is 25.2 Å². The number of likely N-dealkylation sites (N-methyl/N-ethyl adjacent to an activating group) is 1. The van der Waals surface area contributed by atoms with Gasteiger partial charge in [-0.25, -0.2) is 0 Å². The molecule has 19 heavy (non-hydrogen) atoms. The van der Waals surface area contributed by atoms with Gasteiger partial charge in [0.15, 0.2) is 0 Å². The number of amides is 2.